The van der Waals surface area contributed by atoms with Crippen LogP contribution in [0.4, 0.5) is 0 Å². The molecule has 11 aromatic rings. The lowest BCUT2D eigenvalue weighted by molar-refractivity contribution is 0.592. The summed E-state index contributed by atoms with van der Waals surface area (Å²) in [6, 6.07) is 69.6. The van der Waals surface area contributed by atoms with Crippen molar-refractivity contribution >= 4 is 83.0 Å². The van der Waals surface area contributed by atoms with Crippen LogP contribution < -0.4 is 15.9 Å². The van der Waals surface area contributed by atoms with Crippen LogP contribution >= 0.6 is 7.14 Å². The van der Waals surface area contributed by atoms with Crippen LogP contribution in [0.15, 0.2) is 200 Å². The van der Waals surface area contributed by atoms with Crippen molar-refractivity contribution in [3.63, 3.8) is 0 Å². The van der Waals surface area contributed by atoms with E-state index in [0.29, 0.717) is 0 Å². The van der Waals surface area contributed by atoms with Gasteiger partial charge in [0.25, 0.3) is 0 Å². The Kier molecular flexibility index (Phi) is 7.14. The second kappa shape index (κ2) is 12.4. The van der Waals surface area contributed by atoms with Gasteiger partial charge in [-0.15, -0.1) is 0 Å². The summed E-state index contributed by atoms with van der Waals surface area (Å²) in [5.74, 6) is 0. The van der Waals surface area contributed by atoms with Gasteiger partial charge in [-0.25, -0.2) is 4.98 Å². The normalized spacial score (nSPS) is 12.1. The zero-order valence-corrected chi connectivity index (χ0v) is 30.7. The Hall–Kier alpha value is -6.80. The summed E-state index contributed by atoms with van der Waals surface area (Å²) in [5.41, 5.74) is 8.54. The third kappa shape index (κ3) is 4.91. The number of benzene rings is 9. The SMILES string of the molecule is O=P(c1ccccc1)(c1ccccc1)c1ccc(-c2cccc(-c3cccc4nc5c6c7ccccc7ccc6c6cc7ccccc7cc6n5c34)c2)cc1. The van der Waals surface area contributed by atoms with Crippen molar-refractivity contribution < 1.29 is 4.57 Å². The minimum atomic E-state index is -3.07. The maximum absolute atomic E-state index is 15.0. The summed E-state index contributed by atoms with van der Waals surface area (Å²) < 4.78 is 17.4. The van der Waals surface area contributed by atoms with Crippen LogP contribution in [-0.2, 0) is 4.57 Å². The average molecular weight is 721 g/mol. The van der Waals surface area contributed by atoms with Gasteiger partial charge in [0.15, 0.2) is 7.14 Å². The second-order valence-electron chi connectivity index (χ2n) is 14.3. The second-order valence-corrected chi connectivity index (χ2v) is 17.0. The lowest BCUT2D eigenvalue weighted by Gasteiger charge is -2.20. The van der Waals surface area contributed by atoms with E-state index >= 15 is 4.57 Å². The lowest BCUT2D eigenvalue weighted by atomic mass is 9.97. The van der Waals surface area contributed by atoms with Crippen molar-refractivity contribution in [1.29, 1.82) is 0 Å². The smallest absolute Gasteiger partial charge is 0.171 e. The van der Waals surface area contributed by atoms with E-state index < -0.39 is 7.14 Å². The fourth-order valence-corrected chi connectivity index (χ4v) is 11.2. The Morgan fingerprint density at radius 1 is 0.418 bits per heavy atom. The Morgan fingerprint density at radius 2 is 1.04 bits per heavy atom. The van der Waals surface area contributed by atoms with Crippen molar-refractivity contribution in [2.75, 3.05) is 0 Å². The topological polar surface area (TPSA) is 34.4 Å². The van der Waals surface area contributed by atoms with Gasteiger partial charge in [-0.1, -0.05) is 176 Å². The molecule has 11 rings (SSSR count). The van der Waals surface area contributed by atoms with Crippen molar-refractivity contribution in [3.8, 4) is 22.3 Å². The summed E-state index contributed by atoms with van der Waals surface area (Å²) in [4.78, 5) is 5.41. The van der Waals surface area contributed by atoms with Crippen LogP contribution in [0.1, 0.15) is 0 Å². The van der Waals surface area contributed by atoms with Crippen LogP contribution in [0.3, 0.4) is 0 Å². The first kappa shape index (κ1) is 31.7. The van der Waals surface area contributed by atoms with E-state index in [2.05, 4.69) is 132 Å². The van der Waals surface area contributed by atoms with Gasteiger partial charge in [0.1, 0.15) is 5.65 Å². The van der Waals surface area contributed by atoms with Gasteiger partial charge in [-0.3, -0.25) is 4.40 Å². The molecule has 258 valence electrons. The average Bonchev–Trinajstić information content (AvgIpc) is 3.66. The molecule has 9 aromatic carbocycles. The largest absolute Gasteiger partial charge is 0.309 e. The Morgan fingerprint density at radius 3 is 1.78 bits per heavy atom. The van der Waals surface area contributed by atoms with Crippen molar-refractivity contribution in [2.45, 2.75) is 0 Å². The zero-order valence-electron chi connectivity index (χ0n) is 29.8. The third-order valence-corrected chi connectivity index (χ3v) is 14.3. The van der Waals surface area contributed by atoms with E-state index in [9.17, 15) is 0 Å². The third-order valence-electron chi connectivity index (χ3n) is 11.2. The summed E-state index contributed by atoms with van der Waals surface area (Å²) in [6.45, 7) is 0. The first-order valence-corrected chi connectivity index (χ1v) is 20.4. The van der Waals surface area contributed by atoms with Gasteiger partial charge in [-0.05, 0) is 67.9 Å². The number of imidazole rings is 1. The summed E-state index contributed by atoms with van der Waals surface area (Å²) in [5, 5.41) is 10.9. The molecule has 2 aromatic heterocycles. The number of hydrogen-bond donors (Lipinski definition) is 0. The Balaban J connectivity index is 1.11. The number of para-hydroxylation sites is 1. The zero-order chi connectivity index (χ0) is 36.5. The molecule has 0 N–H and O–H groups in total. The molecule has 0 aliphatic carbocycles. The number of fused-ring (bicyclic) bond motifs is 11. The highest BCUT2D eigenvalue weighted by Crippen LogP contribution is 2.43. The quantitative estimate of drug-likeness (QED) is 0.101. The first-order valence-electron chi connectivity index (χ1n) is 18.6. The predicted molar refractivity (Wildman–Crippen MR) is 233 cm³/mol. The molecule has 0 saturated carbocycles. The van der Waals surface area contributed by atoms with E-state index in [1.807, 2.05) is 72.8 Å². The molecule has 0 atom stereocenters. The highest BCUT2D eigenvalue weighted by molar-refractivity contribution is 7.85. The van der Waals surface area contributed by atoms with Crippen molar-refractivity contribution in [3.05, 3.63) is 200 Å². The molecule has 0 spiro atoms. The van der Waals surface area contributed by atoms with Crippen LogP contribution in [-0.4, -0.2) is 9.38 Å². The van der Waals surface area contributed by atoms with Crippen LogP contribution in [0, 0.1) is 0 Å². The number of rotatable bonds is 5. The van der Waals surface area contributed by atoms with E-state index in [1.54, 1.807) is 0 Å². The molecule has 0 aliphatic rings. The predicted octanol–water partition coefficient (Wildman–Crippen LogP) is 12.1. The number of nitrogens with zero attached hydrogens (tertiary/aromatic N) is 2. The molecule has 0 radical (unpaired) electrons. The molecular formula is C51H33N2OP. The molecule has 0 saturated heterocycles. The standard InChI is InChI=1S/C51H33N2OP/c54-55(40-18-3-1-4-19-40,41-20-5-2-6-21-41)42-28-25-34(26-29-42)36-16-11-17-39(31-36)44-23-12-24-47-50(44)53-48-33-38-15-8-7-14-37(38)32-46(48)45-30-27-35-13-9-10-22-43(35)49(45)51(53)52-47/h1-33H. The molecule has 55 heavy (non-hydrogen) atoms. The minimum Gasteiger partial charge on any atom is -0.309 e. The molecule has 2 heterocycles. The first-order chi connectivity index (χ1) is 27.1. The summed E-state index contributed by atoms with van der Waals surface area (Å²) in [6.07, 6.45) is 0. The van der Waals surface area contributed by atoms with Crippen molar-refractivity contribution in [1.82, 2.24) is 9.38 Å². The van der Waals surface area contributed by atoms with E-state index in [-0.39, 0.29) is 0 Å². The van der Waals surface area contributed by atoms with Gasteiger partial charge in [-0.2, -0.15) is 0 Å². The molecule has 0 aliphatic heterocycles. The fourth-order valence-electron chi connectivity index (χ4n) is 8.58. The number of hydrogen-bond acceptors (Lipinski definition) is 2. The highest BCUT2D eigenvalue weighted by atomic mass is 31.2. The highest BCUT2D eigenvalue weighted by Gasteiger charge is 2.29. The van der Waals surface area contributed by atoms with Crippen LogP contribution in [0.2, 0.25) is 0 Å². The van der Waals surface area contributed by atoms with Crippen LogP contribution in [0.25, 0.3) is 82.2 Å². The van der Waals surface area contributed by atoms with Gasteiger partial charge in [0.2, 0.25) is 0 Å². The molecule has 0 unspecified atom stereocenters. The van der Waals surface area contributed by atoms with Gasteiger partial charge in [0.05, 0.1) is 16.6 Å². The van der Waals surface area contributed by atoms with E-state index in [4.69, 9.17) is 4.98 Å². The maximum Gasteiger partial charge on any atom is 0.171 e. The van der Waals surface area contributed by atoms with Gasteiger partial charge in [0, 0.05) is 32.2 Å². The number of pyridine rings is 1. The van der Waals surface area contributed by atoms with Crippen molar-refractivity contribution in [2.24, 2.45) is 0 Å². The number of aromatic nitrogens is 2. The Bertz CT molecular complexity index is 3290. The van der Waals surface area contributed by atoms with Gasteiger partial charge < -0.3 is 4.57 Å². The summed E-state index contributed by atoms with van der Waals surface area (Å²) >= 11 is 0. The van der Waals surface area contributed by atoms with E-state index in [1.165, 1.54) is 37.7 Å². The minimum absolute atomic E-state index is 0.819. The molecule has 0 fully saturated rings. The molecule has 4 heteroatoms. The van der Waals surface area contributed by atoms with Gasteiger partial charge >= 0.3 is 0 Å². The maximum atomic E-state index is 15.0. The Labute approximate surface area is 318 Å². The monoisotopic (exact) mass is 720 g/mol. The van der Waals surface area contributed by atoms with E-state index in [0.717, 1.165) is 60.4 Å². The molecular weight excluding hydrogens is 688 g/mol. The molecule has 3 nitrogen and oxygen atoms in total. The summed E-state index contributed by atoms with van der Waals surface area (Å²) in [7, 11) is -3.07. The molecule has 0 amide bonds. The lowest BCUT2D eigenvalue weighted by Crippen LogP contribution is -2.24. The fraction of sp³-hybridized carbons (Fsp3) is 0. The van der Waals surface area contributed by atoms with Crippen LogP contribution in [0.5, 0.6) is 0 Å². The molecule has 0 bridgehead atoms.